The van der Waals surface area contributed by atoms with Crippen LogP contribution in [0.15, 0.2) is 46.2 Å². The molecule has 0 spiro atoms. The van der Waals surface area contributed by atoms with Gasteiger partial charge >= 0.3 is 0 Å². The van der Waals surface area contributed by atoms with Crippen molar-refractivity contribution < 1.29 is 9.90 Å². The monoisotopic (exact) mass is 506 g/mol. The van der Waals surface area contributed by atoms with E-state index in [1.165, 1.54) is 11.8 Å². The number of carbonyl (C=O) groups is 1. The van der Waals surface area contributed by atoms with E-state index in [9.17, 15) is 9.90 Å². The molecule has 0 saturated carbocycles. The fourth-order valence-electron chi connectivity index (χ4n) is 1.97. The van der Waals surface area contributed by atoms with Crippen LogP contribution in [0, 0.1) is 7.14 Å². The summed E-state index contributed by atoms with van der Waals surface area (Å²) in [6.45, 7) is 0. The maximum atomic E-state index is 12.3. The maximum Gasteiger partial charge on any atom is 0.200 e. The minimum absolute atomic E-state index is 0.0267. The van der Waals surface area contributed by atoms with E-state index in [0.717, 1.165) is 17.6 Å². The molecule has 0 fully saturated rings. The summed E-state index contributed by atoms with van der Waals surface area (Å²) >= 11 is 5.75. The number of carbonyl (C=O) groups excluding carboxylic acids is 1. The summed E-state index contributed by atoms with van der Waals surface area (Å²) in [5.74, 6) is 0.252. The lowest BCUT2D eigenvalue weighted by Crippen LogP contribution is -1.94. The van der Waals surface area contributed by atoms with Crippen LogP contribution in [-0.4, -0.2) is 10.9 Å². The number of hydrogen-bond acceptors (Lipinski definition) is 3. The first-order valence-corrected chi connectivity index (χ1v) is 8.75. The molecule has 2 aromatic rings. The van der Waals surface area contributed by atoms with Crippen molar-refractivity contribution in [3.05, 3.63) is 59.6 Å². The molecule has 0 bridgehead atoms. The number of halogens is 2. The van der Waals surface area contributed by atoms with Gasteiger partial charge in [0.25, 0.3) is 0 Å². The summed E-state index contributed by atoms with van der Waals surface area (Å²) < 4.78 is 1.82. The van der Waals surface area contributed by atoms with Gasteiger partial charge in [-0.2, -0.15) is 0 Å². The Morgan fingerprint density at radius 1 is 1.15 bits per heavy atom. The third-order valence-corrected chi connectivity index (χ3v) is 5.46. The van der Waals surface area contributed by atoms with Gasteiger partial charge in [-0.25, -0.2) is 0 Å². The summed E-state index contributed by atoms with van der Waals surface area (Å²) in [4.78, 5) is 13.9. The Morgan fingerprint density at radius 3 is 2.65 bits per heavy atom. The van der Waals surface area contributed by atoms with Gasteiger partial charge in [0, 0.05) is 19.6 Å². The second kappa shape index (κ2) is 5.69. The van der Waals surface area contributed by atoms with Gasteiger partial charge in [0.1, 0.15) is 5.75 Å². The second-order valence-electron chi connectivity index (χ2n) is 4.26. The van der Waals surface area contributed by atoms with E-state index < -0.39 is 0 Å². The van der Waals surface area contributed by atoms with Crippen LogP contribution in [0.4, 0.5) is 0 Å². The molecule has 5 heteroatoms. The van der Waals surface area contributed by atoms with Gasteiger partial charge in [-0.3, -0.25) is 4.79 Å². The van der Waals surface area contributed by atoms with Crippen LogP contribution >= 0.6 is 56.9 Å². The van der Waals surface area contributed by atoms with Crippen LogP contribution in [0.3, 0.4) is 0 Å². The van der Waals surface area contributed by atoms with Gasteiger partial charge in [0.05, 0.1) is 8.48 Å². The summed E-state index contributed by atoms with van der Waals surface area (Å²) in [6, 6.07) is 11.3. The Bertz CT molecular complexity index is 754. The van der Waals surface area contributed by atoms with Crippen LogP contribution in [0.25, 0.3) is 6.08 Å². The number of phenolic OH excluding ortho intramolecular Hbond substituents is 1. The Morgan fingerprint density at radius 2 is 1.90 bits per heavy atom. The van der Waals surface area contributed by atoms with E-state index in [0.29, 0.717) is 10.5 Å². The number of allylic oxidation sites excluding steroid dienone is 1. The van der Waals surface area contributed by atoms with Gasteiger partial charge in [-0.05, 0) is 75.5 Å². The van der Waals surface area contributed by atoms with Crippen molar-refractivity contribution in [2.45, 2.75) is 4.90 Å². The van der Waals surface area contributed by atoms with Crippen molar-refractivity contribution in [2.24, 2.45) is 0 Å². The minimum Gasteiger partial charge on any atom is -0.506 e. The third-order valence-electron chi connectivity index (χ3n) is 2.92. The first-order chi connectivity index (χ1) is 9.56. The Balaban J connectivity index is 2.06. The zero-order valence-corrected chi connectivity index (χ0v) is 15.2. The lowest BCUT2D eigenvalue weighted by molar-refractivity contribution is 0.104. The normalized spacial score (nSPS) is 15.7. The highest BCUT2D eigenvalue weighted by Crippen LogP contribution is 2.41. The van der Waals surface area contributed by atoms with E-state index in [4.69, 9.17) is 0 Å². The lowest BCUT2D eigenvalue weighted by atomic mass is 10.1. The van der Waals surface area contributed by atoms with Crippen LogP contribution in [0.5, 0.6) is 5.75 Å². The van der Waals surface area contributed by atoms with Crippen molar-refractivity contribution >= 4 is 68.8 Å². The Labute approximate surface area is 147 Å². The van der Waals surface area contributed by atoms with Crippen LogP contribution < -0.4 is 0 Å². The van der Waals surface area contributed by atoms with E-state index in [1.54, 1.807) is 6.08 Å². The Hall–Kier alpha value is -0.540. The lowest BCUT2D eigenvalue weighted by Gasteiger charge is -2.04. The van der Waals surface area contributed by atoms with Gasteiger partial charge in [-0.15, -0.1) is 0 Å². The molecular weight excluding hydrogens is 498 g/mol. The topological polar surface area (TPSA) is 37.3 Å². The molecule has 0 unspecified atom stereocenters. The number of fused-ring (bicyclic) bond motifs is 1. The molecule has 3 rings (SSSR count). The zero-order chi connectivity index (χ0) is 14.3. The van der Waals surface area contributed by atoms with Gasteiger partial charge in [0.15, 0.2) is 0 Å². The van der Waals surface area contributed by atoms with Crippen molar-refractivity contribution in [2.75, 3.05) is 0 Å². The molecule has 20 heavy (non-hydrogen) atoms. The summed E-state index contributed by atoms with van der Waals surface area (Å²) in [7, 11) is 0. The molecule has 1 aliphatic rings. The summed E-state index contributed by atoms with van der Waals surface area (Å²) in [5.41, 5.74) is 1.42. The third kappa shape index (κ3) is 2.62. The standard InChI is InChI=1S/C15H8I2O2S/c16-9-5-8(14(18)11(17)7-9)6-13-15(19)10-3-1-2-4-12(10)20-13/h1-7,18H. The predicted octanol–water partition coefficient (Wildman–Crippen LogP) is 4.93. The van der Waals surface area contributed by atoms with E-state index in [-0.39, 0.29) is 11.5 Å². The molecule has 2 nitrogen and oxygen atoms in total. The van der Waals surface area contributed by atoms with Crippen LogP contribution in [-0.2, 0) is 0 Å². The zero-order valence-electron chi connectivity index (χ0n) is 10.1. The van der Waals surface area contributed by atoms with Crippen molar-refractivity contribution in [3.8, 4) is 5.75 Å². The molecule has 1 N–H and O–H groups in total. The molecule has 0 atom stereocenters. The number of ketones is 1. The van der Waals surface area contributed by atoms with E-state index >= 15 is 0 Å². The summed E-state index contributed by atoms with van der Waals surface area (Å²) in [6.07, 6.45) is 1.77. The molecule has 1 aliphatic heterocycles. The SMILES string of the molecule is O=C1C(=Cc2cc(I)cc(I)c2O)Sc2ccccc21. The number of phenols is 1. The molecule has 0 radical (unpaired) electrons. The number of hydrogen-bond donors (Lipinski definition) is 1. The molecule has 0 aromatic heterocycles. The largest absolute Gasteiger partial charge is 0.506 e. The minimum atomic E-state index is 0.0267. The second-order valence-corrected chi connectivity index (χ2v) is 7.75. The Kier molecular flexibility index (Phi) is 4.09. The fourth-order valence-corrected chi connectivity index (χ4v) is 4.91. The van der Waals surface area contributed by atoms with E-state index in [1.807, 2.05) is 36.4 Å². The molecule has 0 saturated heterocycles. The molecule has 0 aliphatic carbocycles. The highest BCUT2D eigenvalue weighted by atomic mass is 127. The fraction of sp³-hybridized carbons (Fsp3) is 0. The van der Waals surface area contributed by atoms with E-state index in [2.05, 4.69) is 45.2 Å². The van der Waals surface area contributed by atoms with Crippen LogP contribution in [0.2, 0.25) is 0 Å². The number of rotatable bonds is 1. The average molecular weight is 506 g/mol. The van der Waals surface area contributed by atoms with Gasteiger partial charge < -0.3 is 5.11 Å². The number of Topliss-reactive ketones (excluding diaryl/α,β-unsaturated/α-hetero) is 1. The average Bonchev–Trinajstić information content (AvgIpc) is 2.73. The smallest absolute Gasteiger partial charge is 0.200 e. The first kappa shape index (κ1) is 14.4. The molecule has 100 valence electrons. The maximum absolute atomic E-state index is 12.3. The van der Waals surface area contributed by atoms with Gasteiger partial charge in [0.2, 0.25) is 5.78 Å². The molecule has 2 aromatic carbocycles. The predicted molar refractivity (Wildman–Crippen MR) is 98.1 cm³/mol. The highest BCUT2D eigenvalue weighted by molar-refractivity contribution is 14.1. The number of aromatic hydroxyl groups is 1. The highest BCUT2D eigenvalue weighted by Gasteiger charge is 2.25. The van der Waals surface area contributed by atoms with Gasteiger partial charge in [-0.1, -0.05) is 23.9 Å². The number of thioether (sulfide) groups is 1. The van der Waals surface area contributed by atoms with Crippen LogP contribution in [0.1, 0.15) is 15.9 Å². The number of benzene rings is 2. The summed E-state index contributed by atoms with van der Waals surface area (Å²) in [5, 5.41) is 10.1. The van der Waals surface area contributed by atoms with Crippen molar-refractivity contribution in [3.63, 3.8) is 0 Å². The molecular formula is C15H8I2O2S. The molecule has 0 amide bonds. The molecule has 1 heterocycles. The quantitative estimate of drug-likeness (QED) is 0.441. The first-order valence-electron chi connectivity index (χ1n) is 5.77. The van der Waals surface area contributed by atoms with Crippen molar-refractivity contribution in [1.82, 2.24) is 0 Å². The van der Waals surface area contributed by atoms with Crippen molar-refractivity contribution in [1.29, 1.82) is 0 Å².